The van der Waals surface area contributed by atoms with Crippen LogP contribution in [0.15, 0.2) is 53.9 Å². The smallest absolute Gasteiger partial charge is 0.414 e. The zero-order chi connectivity index (χ0) is 25.8. The van der Waals surface area contributed by atoms with Crippen molar-refractivity contribution in [1.29, 1.82) is 0 Å². The van der Waals surface area contributed by atoms with Crippen molar-refractivity contribution >= 4 is 45.7 Å². The van der Waals surface area contributed by atoms with Gasteiger partial charge in [0, 0.05) is 41.6 Å². The van der Waals surface area contributed by atoms with Crippen LogP contribution in [0.25, 0.3) is 16.0 Å². The molecule has 1 saturated heterocycles. The average Bonchev–Trinajstić information content (AvgIpc) is 3.65. The molecule has 0 aliphatic carbocycles. The molecule has 2 amide bonds. The fraction of sp³-hybridized carbons (Fsp3) is 0.296. The van der Waals surface area contributed by atoms with Gasteiger partial charge in [0.05, 0.1) is 24.5 Å². The topological polar surface area (TPSA) is 83.6 Å². The number of benzene rings is 2. The van der Waals surface area contributed by atoms with Gasteiger partial charge in [0.2, 0.25) is 5.91 Å². The molecule has 0 spiro atoms. The number of cyclic esters (lactones) is 1. The van der Waals surface area contributed by atoms with Crippen LogP contribution in [0.3, 0.4) is 0 Å². The molecule has 5 rings (SSSR count). The lowest BCUT2D eigenvalue weighted by atomic mass is 10.0. The monoisotopic (exact) mass is 538 g/mol. The number of carbonyl (C=O) groups is 2. The maximum Gasteiger partial charge on any atom is 0.414 e. The van der Waals surface area contributed by atoms with E-state index in [9.17, 15) is 9.59 Å². The summed E-state index contributed by atoms with van der Waals surface area (Å²) in [5, 5.41) is 9.26. The van der Waals surface area contributed by atoms with Crippen molar-refractivity contribution < 1.29 is 18.7 Å². The molecule has 2 aromatic carbocycles. The Morgan fingerprint density at radius 2 is 2.05 bits per heavy atom. The Balaban J connectivity index is 1.16. The van der Waals surface area contributed by atoms with E-state index in [1.807, 2.05) is 36.0 Å². The number of nitrogens with one attached hydrogen (secondary N) is 2. The van der Waals surface area contributed by atoms with E-state index in [1.54, 1.807) is 23.5 Å². The summed E-state index contributed by atoms with van der Waals surface area (Å²) in [7, 11) is 0. The van der Waals surface area contributed by atoms with Crippen molar-refractivity contribution in [3.8, 4) is 11.1 Å². The van der Waals surface area contributed by atoms with Crippen molar-refractivity contribution in [2.24, 2.45) is 0 Å². The van der Waals surface area contributed by atoms with Crippen molar-refractivity contribution in [1.82, 2.24) is 15.6 Å². The Bertz CT molecular complexity index is 1330. The van der Waals surface area contributed by atoms with Crippen LogP contribution in [0.2, 0.25) is 0 Å². The molecule has 2 aliphatic heterocycles. The van der Waals surface area contributed by atoms with E-state index < -0.39 is 18.0 Å². The molecule has 1 atom stereocenters. The third-order valence-electron chi connectivity index (χ3n) is 6.08. The van der Waals surface area contributed by atoms with Crippen molar-refractivity contribution in [2.45, 2.75) is 32.5 Å². The summed E-state index contributed by atoms with van der Waals surface area (Å²) in [6.07, 6.45) is 2.35. The minimum atomic E-state index is -0.553. The summed E-state index contributed by atoms with van der Waals surface area (Å²) in [6.45, 7) is 3.25. The lowest BCUT2D eigenvalue weighted by Gasteiger charge is -2.15. The average molecular weight is 539 g/mol. The number of carbonyl (C=O) groups excluding carboxylic acids is 2. The Morgan fingerprint density at radius 3 is 2.78 bits per heavy atom. The van der Waals surface area contributed by atoms with Gasteiger partial charge in [0.25, 0.3) is 0 Å². The first-order valence-corrected chi connectivity index (χ1v) is 13.9. The summed E-state index contributed by atoms with van der Waals surface area (Å²) in [5.41, 5.74) is 3.77. The standard InChI is InChI=1S/C27H27FN4O3S2/c1-17(33)30-14-22-15-32(27(34)35-22)21-8-9-23(24(28)11-21)19-6-4-18(5-7-19)12-29-13-20-16-37-26(31-20)25-3-2-10-36-25/h3-9,11,16,22,29H,2,10,12-15H2,1H3,(H,30,33)/t22-/m0/s1. The van der Waals surface area contributed by atoms with Gasteiger partial charge in [-0.25, -0.2) is 14.2 Å². The molecule has 1 aromatic heterocycles. The maximum atomic E-state index is 15.0. The first-order valence-electron chi connectivity index (χ1n) is 12.1. The highest BCUT2D eigenvalue weighted by molar-refractivity contribution is 8.08. The summed E-state index contributed by atoms with van der Waals surface area (Å²) in [5.74, 6) is 0.522. The number of halogens is 1. The van der Waals surface area contributed by atoms with Crippen molar-refractivity contribution in [3.05, 3.63) is 76.0 Å². The number of anilines is 1. The molecule has 0 saturated carbocycles. The number of nitrogens with zero attached hydrogens (tertiary/aromatic N) is 2. The number of hydrogen-bond donors (Lipinski definition) is 2. The van der Waals surface area contributed by atoms with E-state index in [2.05, 4.69) is 22.1 Å². The fourth-order valence-electron chi connectivity index (χ4n) is 4.21. The van der Waals surface area contributed by atoms with Crippen LogP contribution in [0.5, 0.6) is 0 Å². The molecular weight excluding hydrogens is 511 g/mol. The number of aromatic nitrogens is 1. The number of amides is 2. The van der Waals surface area contributed by atoms with Gasteiger partial charge in [-0.3, -0.25) is 9.69 Å². The third-order valence-corrected chi connectivity index (χ3v) is 8.25. The number of hydrogen-bond acceptors (Lipinski definition) is 7. The summed E-state index contributed by atoms with van der Waals surface area (Å²) in [6, 6.07) is 12.5. The number of allylic oxidation sites excluding steroid dienone is 1. The number of thioether (sulfide) groups is 1. The quantitative estimate of drug-likeness (QED) is 0.391. The third kappa shape index (κ3) is 6.20. The molecule has 2 N–H and O–H groups in total. The highest BCUT2D eigenvalue weighted by Crippen LogP contribution is 2.35. The Hall–Kier alpha value is -3.21. The van der Waals surface area contributed by atoms with Gasteiger partial charge in [0.1, 0.15) is 16.9 Å². The number of ether oxygens (including phenoxy) is 1. The second-order valence-electron chi connectivity index (χ2n) is 8.87. The van der Waals surface area contributed by atoms with Gasteiger partial charge < -0.3 is 15.4 Å². The lowest BCUT2D eigenvalue weighted by Crippen LogP contribution is -2.33. The minimum absolute atomic E-state index is 0.198. The minimum Gasteiger partial charge on any atom is -0.442 e. The van der Waals surface area contributed by atoms with Crippen LogP contribution in [0, 0.1) is 5.82 Å². The number of thiazole rings is 1. The van der Waals surface area contributed by atoms with Crippen LogP contribution in [-0.4, -0.2) is 41.9 Å². The van der Waals surface area contributed by atoms with Crippen LogP contribution >= 0.6 is 23.1 Å². The molecule has 1 fully saturated rings. The summed E-state index contributed by atoms with van der Waals surface area (Å²) >= 11 is 3.55. The normalized spacial score (nSPS) is 17.1. The molecule has 0 radical (unpaired) electrons. The number of rotatable bonds is 9. The highest BCUT2D eigenvalue weighted by Gasteiger charge is 2.32. The molecule has 3 heterocycles. The van der Waals surface area contributed by atoms with Gasteiger partial charge in [-0.15, -0.1) is 23.1 Å². The molecule has 7 nitrogen and oxygen atoms in total. The predicted molar refractivity (Wildman–Crippen MR) is 146 cm³/mol. The lowest BCUT2D eigenvalue weighted by molar-refractivity contribution is -0.119. The van der Waals surface area contributed by atoms with E-state index in [4.69, 9.17) is 9.72 Å². The highest BCUT2D eigenvalue weighted by atomic mass is 32.2. The second-order valence-corrected chi connectivity index (χ2v) is 10.9. The molecular formula is C27H27FN4O3S2. The molecule has 2 aliphatic rings. The second kappa shape index (κ2) is 11.5. The fourth-order valence-corrected chi connectivity index (χ4v) is 6.14. The van der Waals surface area contributed by atoms with E-state index in [1.165, 1.54) is 22.8 Å². The molecule has 0 unspecified atom stereocenters. The van der Waals surface area contributed by atoms with Crippen LogP contribution < -0.4 is 15.5 Å². The van der Waals surface area contributed by atoms with Gasteiger partial charge in [-0.1, -0.05) is 30.3 Å². The Kier molecular flexibility index (Phi) is 7.87. The summed E-state index contributed by atoms with van der Waals surface area (Å²) in [4.78, 5) is 30.7. The molecule has 10 heteroatoms. The molecule has 192 valence electrons. The van der Waals surface area contributed by atoms with Crippen molar-refractivity contribution in [2.75, 3.05) is 23.7 Å². The Labute approximate surface area is 223 Å². The van der Waals surface area contributed by atoms with Crippen molar-refractivity contribution in [3.63, 3.8) is 0 Å². The van der Waals surface area contributed by atoms with Crippen LogP contribution in [-0.2, 0) is 22.6 Å². The first kappa shape index (κ1) is 25.4. The van der Waals surface area contributed by atoms with E-state index >= 15 is 4.39 Å². The molecule has 0 bridgehead atoms. The maximum absolute atomic E-state index is 15.0. The van der Waals surface area contributed by atoms with Gasteiger partial charge in [-0.05, 0) is 35.7 Å². The van der Waals surface area contributed by atoms with Crippen LogP contribution in [0.4, 0.5) is 14.9 Å². The van der Waals surface area contributed by atoms with Gasteiger partial charge >= 0.3 is 6.09 Å². The van der Waals surface area contributed by atoms with E-state index in [0.29, 0.717) is 24.3 Å². The summed E-state index contributed by atoms with van der Waals surface area (Å²) < 4.78 is 20.3. The van der Waals surface area contributed by atoms with E-state index in [0.717, 1.165) is 34.0 Å². The van der Waals surface area contributed by atoms with Crippen LogP contribution in [0.1, 0.15) is 29.6 Å². The zero-order valence-corrected chi connectivity index (χ0v) is 22.0. The largest absolute Gasteiger partial charge is 0.442 e. The molecule has 3 aromatic rings. The predicted octanol–water partition coefficient (Wildman–Crippen LogP) is 5.18. The zero-order valence-electron chi connectivity index (χ0n) is 20.3. The van der Waals surface area contributed by atoms with E-state index in [-0.39, 0.29) is 19.0 Å². The molecule has 37 heavy (non-hydrogen) atoms. The Morgan fingerprint density at radius 1 is 1.22 bits per heavy atom. The first-order chi connectivity index (χ1) is 18.0. The SMILES string of the molecule is CC(=O)NC[C@H]1CN(c2ccc(-c3ccc(CNCc4csc(C5=CCCS5)n4)cc3)c(F)c2)C(=O)O1. The van der Waals surface area contributed by atoms with Gasteiger partial charge in [-0.2, -0.15) is 0 Å². The van der Waals surface area contributed by atoms with Gasteiger partial charge in [0.15, 0.2) is 0 Å².